The second-order valence-electron chi connectivity index (χ2n) is 9.27. The number of thiol groups is 1. The first-order valence-corrected chi connectivity index (χ1v) is 24.4. The molecule has 0 radical (unpaired) electrons. The van der Waals surface area contributed by atoms with E-state index < -0.39 is 21.2 Å². The predicted octanol–water partition coefficient (Wildman–Crippen LogP) is 9.42. The first-order chi connectivity index (χ1) is 16.8. The number of allylic oxidation sites excluding steroid dienone is 2. The SMILES string of the molecule is [SH][Zr]([Cl])([Cl])([C]1(c2ccccc2)C=Cc2ccccc21)[C]1(c2ccccc2)C=Cc2cccc(Cl)c21. The molecule has 0 N–H and O–H groups in total. The van der Waals surface area contributed by atoms with Gasteiger partial charge in [-0.1, -0.05) is 0 Å². The van der Waals surface area contributed by atoms with Crippen molar-refractivity contribution in [3.05, 3.63) is 154 Å². The van der Waals surface area contributed by atoms with Crippen molar-refractivity contribution in [1.82, 2.24) is 0 Å². The topological polar surface area (TPSA) is 0 Å². The monoisotopic (exact) mass is 609 g/mol. The molecule has 4 aromatic carbocycles. The van der Waals surface area contributed by atoms with Crippen molar-refractivity contribution in [2.24, 2.45) is 0 Å². The Balaban J connectivity index is 1.80. The Labute approximate surface area is 223 Å². The molecule has 0 aliphatic heterocycles. The van der Waals surface area contributed by atoms with E-state index in [0.717, 1.165) is 33.4 Å². The van der Waals surface area contributed by atoms with E-state index >= 15 is 0 Å². The first-order valence-electron chi connectivity index (χ1n) is 11.5. The van der Waals surface area contributed by atoms with Gasteiger partial charge in [0.1, 0.15) is 0 Å². The summed E-state index contributed by atoms with van der Waals surface area (Å²) in [6.07, 6.45) is 8.60. The van der Waals surface area contributed by atoms with E-state index in [1.54, 1.807) is 0 Å². The van der Waals surface area contributed by atoms with Gasteiger partial charge in [0.25, 0.3) is 0 Å². The van der Waals surface area contributed by atoms with E-state index in [1.165, 1.54) is 0 Å². The molecule has 0 nitrogen and oxygen atoms in total. The molecule has 0 fully saturated rings. The van der Waals surface area contributed by atoms with Crippen LogP contribution in [0, 0.1) is 0 Å². The van der Waals surface area contributed by atoms with Crippen LogP contribution in [0.25, 0.3) is 12.2 Å². The van der Waals surface area contributed by atoms with Crippen LogP contribution in [0.15, 0.2) is 115 Å². The van der Waals surface area contributed by atoms with Gasteiger partial charge in [-0.2, -0.15) is 0 Å². The van der Waals surface area contributed by atoms with E-state index in [9.17, 15) is 0 Å². The third-order valence-corrected chi connectivity index (χ3v) is 29.3. The van der Waals surface area contributed by atoms with Crippen LogP contribution in [0.2, 0.25) is 5.02 Å². The third-order valence-electron chi connectivity index (χ3n) is 7.65. The van der Waals surface area contributed by atoms with E-state index in [2.05, 4.69) is 72.8 Å². The van der Waals surface area contributed by atoms with Crippen molar-refractivity contribution < 1.29 is 14.9 Å². The molecular formula is C30H22Cl3SZr. The second kappa shape index (κ2) is 8.24. The van der Waals surface area contributed by atoms with Gasteiger partial charge >= 0.3 is 225 Å². The molecule has 4 aromatic rings. The molecule has 0 heterocycles. The molecule has 0 spiro atoms. The minimum atomic E-state index is -5.57. The Morgan fingerprint density at radius 3 is 1.77 bits per heavy atom. The summed E-state index contributed by atoms with van der Waals surface area (Å²) in [5, 5.41) is 0.644. The van der Waals surface area contributed by atoms with Crippen LogP contribution in [0.5, 0.6) is 0 Å². The molecule has 35 heavy (non-hydrogen) atoms. The maximum atomic E-state index is 8.19. The molecule has 0 saturated heterocycles. The summed E-state index contributed by atoms with van der Waals surface area (Å²) in [7, 11) is 22.0. The van der Waals surface area contributed by atoms with Crippen LogP contribution in [0.4, 0.5) is 0 Å². The van der Waals surface area contributed by atoms with Crippen LogP contribution in [-0.4, -0.2) is 0 Å². The van der Waals surface area contributed by atoms with Gasteiger partial charge in [-0.25, -0.2) is 0 Å². The van der Waals surface area contributed by atoms with Gasteiger partial charge in [-0.05, 0) is 0 Å². The molecule has 2 aliphatic carbocycles. The van der Waals surface area contributed by atoms with Crippen LogP contribution in [-0.2, 0) is 21.2 Å². The van der Waals surface area contributed by atoms with Gasteiger partial charge in [0, 0.05) is 0 Å². The summed E-state index contributed by atoms with van der Waals surface area (Å²) in [4.78, 5) is 0. The van der Waals surface area contributed by atoms with Gasteiger partial charge in [0.05, 0.1) is 0 Å². The van der Waals surface area contributed by atoms with E-state index in [1.807, 2.05) is 54.6 Å². The van der Waals surface area contributed by atoms with Crippen LogP contribution >= 0.6 is 38.0 Å². The Kier molecular flexibility index (Phi) is 5.61. The fourth-order valence-corrected chi connectivity index (χ4v) is 26.8. The zero-order valence-electron chi connectivity index (χ0n) is 18.7. The maximum absolute atomic E-state index is 8.19. The number of halogens is 3. The normalized spacial score (nSPS) is 23.5. The Hall–Kier alpha value is -1.54. The van der Waals surface area contributed by atoms with Crippen LogP contribution < -0.4 is 0 Å². The fraction of sp³-hybridized carbons (Fsp3) is 0.0667. The number of hydrogen-bond acceptors (Lipinski definition) is 1. The summed E-state index contributed by atoms with van der Waals surface area (Å²) in [6.45, 7) is 0. The van der Waals surface area contributed by atoms with Crippen molar-refractivity contribution >= 4 is 50.2 Å². The molecule has 2 atom stereocenters. The minimum absolute atomic E-state index is 0.644. The first kappa shape index (κ1) is 23.8. The van der Waals surface area contributed by atoms with Crippen molar-refractivity contribution in [3.63, 3.8) is 0 Å². The summed E-state index contributed by atoms with van der Waals surface area (Å²) in [5.41, 5.74) is 6.19. The number of fused-ring (bicyclic) bond motifs is 2. The van der Waals surface area contributed by atoms with E-state index in [-0.39, 0.29) is 0 Å². The molecule has 0 amide bonds. The average molecular weight is 612 g/mol. The molecule has 2 unspecified atom stereocenters. The van der Waals surface area contributed by atoms with E-state index in [4.69, 9.17) is 38.0 Å². The molecule has 0 saturated carbocycles. The zero-order chi connectivity index (χ0) is 24.3. The van der Waals surface area contributed by atoms with Crippen molar-refractivity contribution in [2.45, 2.75) is 6.25 Å². The second-order valence-corrected chi connectivity index (χ2v) is 36.8. The van der Waals surface area contributed by atoms with Crippen molar-refractivity contribution in [3.8, 4) is 0 Å². The number of rotatable bonds is 4. The molecule has 2 aliphatic rings. The molecule has 0 bridgehead atoms. The van der Waals surface area contributed by atoms with Crippen LogP contribution in [0.3, 0.4) is 0 Å². The van der Waals surface area contributed by atoms with Gasteiger partial charge in [-0.3, -0.25) is 0 Å². The molecule has 0 aromatic heterocycles. The summed E-state index contributed by atoms with van der Waals surface area (Å²) < 4.78 is -1.70. The van der Waals surface area contributed by atoms with Gasteiger partial charge < -0.3 is 0 Å². The third kappa shape index (κ3) is 3.05. The van der Waals surface area contributed by atoms with Crippen molar-refractivity contribution in [2.75, 3.05) is 0 Å². The summed E-state index contributed by atoms with van der Waals surface area (Å²) in [5.74, 6) is 0. The Morgan fingerprint density at radius 2 is 1.09 bits per heavy atom. The average Bonchev–Trinajstić information content (AvgIpc) is 3.48. The van der Waals surface area contributed by atoms with Gasteiger partial charge in [0.2, 0.25) is 0 Å². The zero-order valence-corrected chi connectivity index (χ0v) is 24.3. The van der Waals surface area contributed by atoms with Gasteiger partial charge in [0.15, 0.2) is 0 Å². The van der Waals surface area contributed by atoms with Gasteiger partial charge in [-0.15, -0.1) is 0 Å². The van der Waals surface area contributed by atoms with Crippen LogP contribution in [0.1, 0.15) is 33.4 Å². The summed E-state index contributed by atoms with van der Waals surface area (Å²) >= 11 is 1.43. The van der Waals surface area contributed by atoms with E-state index in [0.29, 0.717) is 5.02 Å². The predicted molar refractivity (Wildman–Crippen MR) is 151 cm³/mol. The molecule has 6 rings (SSSR count). The quantitative estimate of drug-likeness (QED) is 0.218. The van der Waals surface area contributed by atoms with Crippen molar-refractivity contribution in [1.29, 1.82) is 0 Å². The number of benzene rings is 4. The Bertz CT molecular complexity index is 1510. The Morgan fingerprint density at radius 1 is 0.571 bits per heavy atom. The molecule has 5 heteroatoms. The molecule has 173 valence electrons. The standard InChI is InChI=1S/C15H10Cl.C15H11.2ClH.H2S.Zr/c16-14-8-4-7-12-9-10-13(15(12)14)11-5-2-1-3-6-11;1-2-6-12(7-3-1)15-11-10-13-8-4-5-9-14(13)15;;;;/h1-10H;1-11H;2*1H;1H2;/q;;;;;+3/p-3. The summed E-state index contributed by atoms with van der Waals surface area (Å²) in [6, 6.07) is 34.9. The number of hydrogen-bond donors (Lipinski definition) is 1. The fourth-order valence-electron chi connectivity index (χ4n) is 6.12. The molecular weight excluding hydrogens is 590 g/mol.